The summed E-state index contributed by atoms with van der Waals surface area (Å²) >= 11 is 1.02. The zero-order valence-electron chi connectivity index (χ0n) is 11.6. The van der Waals surface area contributed by atoms with Gasteiger partial charge in [-0.1, -0.05) is 17.8 Å². The first kappa shape index (κ1) is 15.6. The second kappa shape index (κ2) is 6.10. The summed E-state index contributed by atoms with van der Waals surface area (Å²) in [6, 6.07) is 0. The van der Waals surface area contributed by atoms with Crippen molar-refractivity contribution in [1.29, 1.82) is 0 Å². The molecule has 6 nitrogen and oxygen atoms in total. The number of carbonyl (C=O) groups excluding carboxylic acids is 1. The highest BCUT2D eigenvalue weighted by atomic mass is 32.1. The number of aromatic nitrogens is 2. The van der Waals surface area contributed by atoms with E-state index in [-0.39, 0.29) is 12.5 Å². The third-order valence-electron chi connectivity index (χ3n) is 2.59. The van der Waals surface area contributed by atoms with Crippen LogP contribution in [0.5, 0.6) is 0 Å². The average Bonchev–Trinajstić information content (AvgIpc) is 2.72. The molecule has 0 fully saturated rings. The highest BCUT2D eigenvalue weighted by molar-refractivity contribution is 7.08. The predicted octanol–water partition coefficient (Wildman–Crippen LogP) is 1.82. The van der Waals surface area contributed by atoms with Crippen molar-refractivity contribution in [2.24, 2.45) is 0 Å². The Kier molecular flexibility index (Phi) is 4.99. The molecule has 0 aliphatic carbocycles. The van der Waals surface area contributed by atoms with Gasteiger partial charge in [-0.25, -0.2) is 0 Å². The molecule has 1 rings (SSSR count). The lowest BCUT2D eigenvalue weighted by Crippen LogP contribution is -2.48. The lowest BCUT2D eigenvalue weighted by atomic mass is 10.1. The topological polar surface area (TPSA) is 83.4 Å². The molecule has 7 heteroatoms. The number of aryl methyl sites for hydroxylation is 1. The van der Waals surface area contributed by atoms with Crippen molar-refractivity contribution >= 4 is 23.4 Å². The van der Waals surface area contributed by atoms with Gasteiger partial charge < -0.3 is 10.0 Å². The molecule has 0 saturated carbocycles. The molecule has 0 aliphatic rings. The number of amides is 1. The highest BCUT2D eigenvalue weighted by Crippen LogP contribution is 2.21. The van der Waals surface area contributed by atoms with Crippen molar-refractivity contribution in [3.8, 4) is 0 Å². The van der Waals surface area contributed by atoms with Gasteiger partial charge in [-0.15, -0.1) is 5.10 Å². The minimum atomic E-state index is -1.03. The normalized spacial score (nSPS) is 11.4. The summed E-state index contributed by atoms with van der Waals surface area (Å²) in [5, 5.41) is 12.9. The summed E-state index contributed by atoms with van der Waals surface area (Å²) in [5.74, 6) is -1.34. The van der Waals surface area contributed by atoms with E-state index in [0.29, 0.717) is 17.0 Å². The molecule has 0 saturated heterocycles. The van der Waals surface area contributed by atoms with E-state index in [1.54, 1.807) is 0 Å². The van der Waals surface area contributed by atoms with Gasteiger partial charge in [0.2, 0.25) is 0 Å². The number of hydrogen-bond donors (Lipinski definition) is 1. The number of carboxylic acid groups (broad SMARTS) is 1. The van der Waals surface area contributed by atoms with Gasteiger partial charge in [0, 0.05) is 5.54 Å². The molecule has 0 aliphatic heterocycles. The second-order valence-electron chi connectivity index (χ2n) is 5.25. The standard InChI is InChI=1S/C12H19N3O3S/c1-5-6-8-10(19-14-13-8)11(18)15(7-9(16)17)12(2,3)4/h5-7H2,1-4H3,(H,16,17). The fourth-order valence-electron chi connectivity index (χ4n) is 1.64. The van der Waals surface area contributed by atoms with E-state index in [2.05, 4.69) is 9.59 Å². The van der Waals surface area contributed by atoms with E-state index in [9.17, 15) is 9.59 Å². The summed E-state index contributed by atoms with van der Waals surface area (Å²) in [6.07, 6.45) is 1.53. The Morgan fingerprint density at radius 3 is 2.47 bits per heavy atom. The van der Waals surface area contributed by atoms with E-state index in [1.807, 2.05) is 27.7 Å². The fraction of sp³-hybridized carbons (Fsp3) is 0.667. The van der Waals surface area contributed by atoms with Gasteiger partial charge in [0.05, 0.1) is 5.69 Å². The summed E-state index contributed by atoms with van der Waals surface area (Å²) in [4.78, 5) is 25.2. The number of hydrogen-bond acceptors (Lipinski definition) is 5. The van der Waals surface area contributed by atoms with Crippen LogP contribution in [0.2, 0.25) is 0 Å². The number of carbonyl (C=O) groups is 2. The molecule has 0 radical (unpaired) electrons. The van der Waals surface area contributed by atoms with Crippen molar-refractivity contribution in [2.45, 2.75) is 46.1 Å². The molecule has 0 unspecified atom stereocenters. The van der Waals surface area contributed by atoms with E-state index >= 15 is 0 Å². The molecule has 0 spiro atoms. The summed E-state index contributed by atoms with van der Waals surface area (Å²) in [7, 11) is 0. The van der Waals surface area contributed by atoms with E-state index in [0.717, 1.165) is 18.0 Å². The van der Waals surface area contributed by atoms with Crippen LogP contribution in [0.25, 0.3) is 0 Å². The molecule has 19 heavy (non-hydrogen) atoms. The second-order valence-corrected chi connectivity index (χ2v) is 6.01. The maximum atomic E-state index is 12.5. The molecule has 1 heterocycles. The van der Waals surface area contributed by atoms with Crippen molar-refractivity contribution in [3.63, 3.8) is 0 Å². The first-order chi connectivity index (χ1) is 8.77. The minimum absolute atomic E-state index is 0.312. The lowest BCUT2D eigenvalue weighted by molar-refractivity contribution is -0.138. The predicted molar refractivity (Wildman–Crippen MR) is 72.3 cm³/mol. The highest BCUT2D eigenvalue weighted by Gasteiger charge is 2.31. The average molecular weight is 285 g/mol. The minimum Gasteiger partial charge on any atom is -0.480 e. The van der Waals surface area contributed by atoms with Crippen LogP contribution in [0.3, 0.4) is 0 Å². The van der Waals surface area contributed by atoms with Crippen LogP contribution in [0, 0.1) is 0 Å². The molecule has 1 N–H and O–H groups in total. The Hall–Kier alpha value is -1.50. The smallest absolute Gasteiger partial charge is 0.323 e. The first-order valence-corrected chi connectivity index (χ1v) is 6.89. The van der Waals surface area contributed by atoms with Gasteiger partial charge >= 0.3 is 5.97 Å². The summed E-state index contributed by atoms with van der Waals surface area (Å²) in [6.45, 7) is 7.09. The van der Waals surface area contributed by atoms with Gasteiger partial charge in [-0.05, 0) is 38.7 Å². The Bertz CT molecular complexity index is 465. The zero-order chi connectivity index (χ0) is 14.6. The number of carboxylic acids is 1. The molecule has 0 bridgehead atoms. The van der Waals surface area contributed by atoms with Crippen LogP contribution >= 0.6 is 11.5 Å². The van der Waals surface area contributed by atoms with Crippen molar-refractivity contribution in [3.05, 3.63) is 10.6 Å². The van der Waals surface area contributed by atoms with Crippen LogP contribution in [-0.4, -0.2) is 43.6 Å². The van der Waals surface area contributed by atoms with Gasteiger partial charge in [-0.2, -0.15) is 0 Å². The fourth-order valence-corrected chi connectivity index (χ4v) is 2.30. The molecular weight excluding hydrogens is 266 g/mol. The molecule has 106 valence electrons. The maximum absolute atomic E-state index is 12.5. The third kappa shape index (κ3) is 3.99. The lowest BCUT2D eigenvalue weighted by Gasteiger charge is -2.34. The SMILES string of the molecule is CCCc1nnsc1C(=O)N(CC(=O)O)C(C)(C)C. The Labute approximate surface area is 116 Å². The van der Waals surface area contributed by atoms with Crippen molar-refractivity contribution in [2.75, 3.05) is 6.54 Å². The molecule has 1 amide bonds. The van der Waals surface area contributed by atoms with Crippen LogP contribution in [0.1, 0.15) is 49.5 Å². The van der Waals surface area contributed by atoms with Crippen LogP contribution < -0.4 is 0 Å². The van der Waals surface area contributed by atoms with Crippen molar-refractivity contribution < 1.29 is 14.7 Å². The molecule has 1 aromatic rings. The third-order valence-corrected chi connectivity index (χ3v) is 3.34. The Morgan fingerprint density at radius 1 is 1.37 bits per heavy atom. The summed E-state index contributed by atoms with van der Waals surface area (Å²) < 4.78 is 3.80. The van der Waals surface area contributed by atoms with Crippen LogP contribution in [-0.2, 0) is 11.2 Å². The van der Waals surface area contributed by atoms with Gasteiger partial charge in [0.25, 0.3) is 5.91 Å². The van der Waals surface area contributed by atoms with E-state index < -0.39 is 11.5 Å². The monoisotopic (exact) mass is 285 g/mol. The molecular formula is C12H19N3O3S. The summed E-state index contributed by atoms with van der Waals surface area (Å²) in [5.41, 5.74) is 0.0836. The number of aliphatic carboxylic acids is 1. The quantitative estimate of drug-likeness (QED) is 0.892. The number of rotatable bonds is 5. The Morgan fingerprint density at radius 2 is 2.00 bits per heavy atom. The van der Waals surface area contributed by atoms with E-state index in [4.69, 9.17) is 5.11 Å². The van der Waals surface area contributed by atoms with E-state index in [1.165, 1.54) is 4.90 Å². The van der Waals surface area contributed by atoms with Gasteiger partial charge in [0.15, 0.2) is 0 Å². The zero-order valence-corrected chi connectivity index (χ0v) is 12.5. The van der Waals surface area contributed by atoms with Gasteiger partial charge in [0.1, 0.15) is 11.4 Å². The molecule has 0 aromatic carbocycles. The van der Waals surface area contributed by atoms with Crippen LogP contribution in [0.4, 0.5) is 0 Å². The van der Waals surface area contributed by atoms with Crippen molar-refractivity contribution in [1.82, 2.24) is 14.5 Å². The van der Waals surface area contributed by atoms with Gasteiger partial charge in [-0.3, -0.25) is 9.59 Å². The molecule has 0 atom stereocenters. The first-order valence-electron chi connectivity index (χ1n) is 6.12. The Balaban J connectivity index is 3.05. The largest absolute Gasteiger partial charge is 0.480 e. The maximum Gasteiger partial charge on any atom is 0.323 e. The van der Waals surface area contributed by atoms with Crippen LogP contribution in [0.15, 0.2) is 0 Å². The molecule has 1 aromatic heterocycles. The number of nitrogens with zero attached hydrogens (tertiary/aromatic N) is 3.